The van der Waals surface area contributed by atoms with Gasteiger partial charge in [0.05, 0.1) is 24.2 Å². The number of hydrogen-bond donors (Lipinski definition) is 1. The van der Waals surface area contributed by atoms with Crippen LogP contribution in [0.15, 0.2) is 42.5 Å². The summed E-state index contributed by atoms with van der Waals surface area (Å²) in [5.41, 5.74) is 0.463. The number of amides is 1. The summed E-state index contributed by atoms with van der Waals surface area (Å²) in [5.74, 6) is 0.465. The largest absolute Gasteiger partial charge is 0.496 e. The van der Waals surface area contributed by atoms with Gasteiger partial charge in [0.1, 0.15) is 11.5 Å². The van der Waals surface area contributed by atoms with Crippen LogP contribution in [0.25, 0.3) is 0 Å². The first-order valence-electron chi connectivity index (χ1n) is 6.91. The van der Waals surface area contributed by atoms with E-state index in [9.17, 15) is 14.9 Å². The molecule has 1 amide bonds. The maximum Gasteiger partial charge on any atom is 0.270 e. The van der Waals surface area contributed by atoms with Crippen molar-refractivity contribution in [3.05, 3.63) is 58.1 Å². The van der Waals surface area contributed by atoms with E-state index in [0.717, 1.165) is 0 Å². The van der Waals surface area contributed by atoms with E-state index in [1.165, 1.54) is 25.3 Å². The number of anilines is 1. The van der Waals surface area contributed by atoms with Crippen LogP contribution in [0.2, 0.25) is 0 Å². The number of carbonyl (C=O) groups excluding carboxylic acids is 1. The Morgan fingerprint density at radius 1 is 1.22 bits per heavy atom. The van der Waals surface area contributed by atoms with Gasteiger partial charge in [-0.2, -0.15) is 0 Å². The molecule has 7 nitrogen and oxygen atoms in total. The van der Waals surface area contributed by atoms with Gasteiger partial charge in [-0.15, -0.1) is 0 Å². The van der Waals surface area contributed by atoms with E-state index < -0.39 is 10.8 Å². The van der Waals surface area contributed by atoms with Crippen molar-refractivity contribution >= 4 is 17.3 Å². The predicted octanol–water partition coefficient (Wildman–Crippen LogP) is 3.25. The van der Waals surface area contributed by atoms with Crippen molar-refractivity contribution in [3.8, 4) is 11.5 Å². The van der Waals surface area contributed by atoms with Crippen molar-refractivity contribution < 1.29 is 19.2 Å². The SMILES string of the molecule is CCOc1ccc(NC(=O)c2cc([N+](=O)[O-])ccc2OC)cc1. The molecule has 1 N–H and O–H groups in total. The Balaban J connectivity index is 2.22. The Morgan fingerprint density at radius 3 is 2.48 bits per heavy atom. The van der Waals surface area contributed by atoms with Crippen molar-refractivity contribution in [1.29, 1.82) is 0 Å². The minimum absolute atomic E-state index is 0.0931. The van der Waals surface area contributed by atoms with Gasteiger partial charge in [-0.25, -0.2) is 0 Å². The van der Waals surface area contributed by atoms with Gasteiger partial charge in [0.15, 0.2) is 0 Å². The van der Waals surface area contributed by atoms with Gasteiger partial charge < -0.3 is 14.8 Å². The molecule has 120 valence electrons. The molecule has 0 bridgehead atoms. The highest BCUT2D eigenvalue weighted by Gasteiger charge is 2.17. The standard InChI is InChI=1S/C16H16N2O5/c1-3-23-13-7-4-11(5-8-13)17-16(19)14-10-12(18(20)21)6-9-15(14)22-2/h4-10H,3H2,1-2H3,(H,17,19). The van der Waals surface area contributed by atoms with Crippen molar-refractivity contribution in [2.24, 2.45) is 0 Å². The fourth-order valence-electron chi connectivity index (χ4n) is 1.99. The number of rotatable bonds is 6. The van der Waals surface area contributed by atoms with Crippen molar-refractivity contribution in [3.63, 3.8) is 0 Å². The Labute approximate surface area is 133 Å². The first kappa shape index (κ1) is 16.3. The molecule has 0 radical (unpaired) electrons. The molecule has 2 aromatic carbocycles. The van der Waals surface area contributed by atoms with Crippen LogP contribution in [-0.2, 0) is 0 Å². The molecule has 0 aliphatic carbocycles. The average Bonchev–Trinajstić information content (AvgIpc) is 2.56. The van der Waals surface area contributed by atoms with E-state index >= 15 is 0 Å². The monoisotopic (exact) mass is 316 g/mol. The molecule has 0 aliphatic heterocycles. The number of nitrogens with zero attached hydrogens (tertiary/aromatic N) is 1. The molecule has 7 heteroatoms. The summed E-state index contributed by atoms with van der Waals surface area (Å²) in [6.07, 6.45) is 0. The lowest BCUT2D eigenvalue weighted by atomic mass is 10.1. The second-order valence-corrected chi connectivity index (χ2v) is 4.55. The van der Waals surface area contributed by atoms with Crippen LogP contribution >= 0.6 is 0 Å². The molecule has 0 heterocycles. The maximum absolute atomic E-state index is 12.3. The van der Waals surface area contributed by atoms with Crippen LogP contribution in [0.3, 0.4) is 0 Å². The van der Waals surface area contributed by atoms with E-state index in [-0.39, 0.29) is 17.0 Å². The van der Waals surface area contributed by atoms with E-state index in [1.54, 1.807) is 24.3 Å². The molecule has 0 fully saturated rings. The summed E-state index contributed by atoms with van der Waals surface area (Å²) in [6, 6.07) is 10.7. The molecular weight excluding hydrogens is 300 g/mol. The average molecular weight is 316 g/mol. The Bertz CT molecular complexity index is 713. The maximum atomic E-state index is 12.3. The molecule has 0 unspecified atom stereocenters. The summed E-state index contributed by atoms with van der Waals surface area (Å²) < 4.78 is 10.4. The van der Waals surface area contributed by atoms with Gasteiger partial charge in [-0.1, -0.05) is 0 Å². The number of nitro groups is 1. The van der Waals surface area contributed by atoms with Crippen molar-refractivity contribution in [1.82, 2.24) is 0 Å². The molecule has 2 aromatic rings. The van der Waals surface area contributed by atoms with E-state index in [1.807, 2.05) is 6.92 Å². The molecule has 0 spiro atoms. The van der Waals surface area contributed by atoms with Crippen LogP contribution < -0.4 is 14.8 Å². The molecule has 0 aliphatic rings. The second-order valence-electron chi connectivity index (χ2n) is 4.55. The fraction of sp³-hybridized carbons (Fsp3) is 0.188. The molecule has 0 saturated heterocycles. The van der Waals surface area contributed by atoms with Gasteiger partial charge in [-0.05, 0) is 37.3 Å². The highest BCUT2D eigenvalue weighted by Crippen LogP contribution is 2.25. The highest BCUT2D eigenvalue weighted by atomic mass is 16.6. The van der Waals surface area contributed by atoms with Gasteiger partial charge in [0.2, 0.25) is 0 Å². The van der Waals surface area contributed by atoms with E-state index in [4.69, 9.17) is 9.47 Å². The van der Waals surface area contributed by atoms with E-state index in [0.29, 0.717) is 18.0 Å². The zero-order valence-corrected chi connectivity index (χ0v) is 12.7. The third kappa shape index (κ3) is 3.97. The highest BCUT2D eigenvalue weighted by molar-refractivity contribution is 6.06. The first-order chi connectivity index (χ1) is 11.0. The summed E-state index contributed by atoms with van der Waals surface area (Å²) in [4.78, 5) is 22.6. The zero-order chi connectivity index (χ0) is 16.8. The molecule has 0 saturated carbocycles. The summed E-state index contributed by atoms with van der Waals surface area (Å²) in [5, 5.41) is 13.5. The summed E-state index contributed by atoms with van der Waals surface area (Å²) >= 11 is 0. The Hall–Kier alpha value is -3.09. The molecule has 2 rings (SSSR count). The van der Waals surface area contributed by atoms with Gasteiger partial charge >= 0.3 is 0 Å². The Kier molecular flexibility index (Phi) is 5.14. The molecule has 0 atom stereocenters. The van der Waals surface area contributed by atoms with Gasteiger partial charge in [-0.3, -0.25) is 14.9 Å². The minimum atomic E-state index is -0.562. The van der Waals surface area contributed by atoms with Crippen LogP contribution in [0.5, 0.6) is 11.5 Å². The number of carbonyl (C=O) groups is 1. The minimum Gasteiger partial charge on any atom is -0.496 e. The number of nitro benzene ring substituents is 1. The molecular formula is C16H16N2O5. The lowest BCUT2D eigenvalue weighted by Gasteiger charge is -2.10. The van der Waals surface area contributed by atoms with Crippen LogP contribution in [0, 0.1) is 10.1 Å². The van der Waals surface area contributed by atoms with Crippen molar-refractivity contribution in [2.45, 2.75) is 6.92 Å². The zero-order valence-electron chi connectivity index (χ0n) is 12.7. The van der Waals surface area contributed by atoms with Crippen molar-refractivity contribution in [2.75, 3.05) is 19.0 Å². The molecule has 0 aromatic heterocycles. The fourth-order valence-corrected chi connectivity index (χ4v) is 1.99. The third-order valence-corrected chi connectivity index (χ3v) is 3.06. The van der Waals surface area contributed by atoms with Gasteiger partial charge in [0, 0.05) is 17.8 Å². The summed E-state index contributed by atoms with van der Waals surface area (Å²) in [7, 11) is 1.40. The van der Waals surface area contributed by atoms with Crippen LogP contribution in [0.4, 0.5) is 11.4 Å². The third-order valence-electron chi connectivity index (χ3n) is 3.06. The lowest BCUT2D eigenvalue weighted by molar-refractivity contribution is -0.384. The molecule has 23 heavy (non-hydrogen) atoms. The number of ether oxygens (including phenoxy) is 2. The Morgan fingerprint density at radius 2 is 1.91 bits per heavy atom. The number of nitrogens with one attached hydrogen (secondary N) is 1. The normalized spacial score (nSPS) is 10.0. The number of benzene rings is 2. The first-order valence-corrected chi connectivity index (χ1v) is 6.91. The van der Waals surface area contributed by atoms with Gasteiger partial charge in [0.25, 0.3) is 11.6 Å². The second kappa shape index (κ2) is 7.26. The number of hydrogen-bond acceptors (Lipinski definition) is 5. The smallest absolute Gasteiger partial charge is 0.270 e. The summed E-state index contributed by atoms with van der Waals surface area (Å²) in [6.45, 7) is 2.43. The quantitative estimate of drug-likeness (QED) is 0.652. The predicted molar refractivity (Wildman–Crippen MR) is 85.2 cm³/mol. The van der Waals surface area contributed by atoms with E-state index in [2.05, 4.69) is 5.32 Å². The topological polar surface area (TPSA) is 90.7 Å². The lowest BCUT2D eigenvalue weighted by Crippen LogP contribution is -2.13. The number of methoxy groups -OCH3 is 1. The number of non-ortho nitro benzene ring substituents is 1. The van der Waals surface area contributed by atoms with Crippen LogP contribution in [-0.4, -0.2) is 24.5 Å². The van der Waals surface area contributed by atoms with Crippen LogP contribution in [0.1, 0.15) is 17.3 Å².